The molecule has 0 saturated heterocycles. The first-order chi connectivity index (χ1) is 15.1. The third-order valence-corrected chi connectivity index (χ3v) is 4.68. The van der Waals surface area contributed by atoms with E-state index in [1.807, 2.05) is 67.5 Å². The summed E-state index contributed by atoms with van der Waals surface area (Å²) in [6.07, 6.45) is 2.02. The second kappa shape index (κ2) is 9.30. The number of anilines is 1. The minimum absolute atomic E-state index is 0.0954. The van der Waals surface area contributed by atoms with Gasteiger partial charge < -0.3 is 9.64 Å². The van der Waals surface area contributed by atoms with Crippen molar-refractivity contribution in [3.05, 3.63) is 78.4 Å². The van der Waals surface area contributed by atoms with Gasteiger partial charge in [-0.05, 0) is 85.6 Å². The molecule has 0 aliphatic heterocycles. The largest absolute Gasteiger partial charge is 0.459 e. The number of ether oxygens (including phenoxy) is 1. The average Bonchev–Trinajstić information content (AvgIpc) is 3.61. The summed E-state index contributed by atoms with van der Waals surface area (Å²) in [7, 11) is 3.99. The topological polar surface area (TPSA) is 79.0 Å². The van der Waals surface area contributed by atoms with Crippen LogP contribution in [-0.4, -0.2) is 26.2 Å². The zero-order valence-electron chi connectivity index (χ0n) is 17.5. The first-order valence-electron chi connectivity index (χ1n) is 10.1. The molecular weight excluding hydrogens is 390 g/mol. The van der Waals surface area contributed by atoms with Crippen molar-refractivity contribution in [2.75, 3.05) is 19.0 Å². The van der Waals surface area contributed by atoms with Crippen LogP contribution in [0, 0.1) is 0 Å². The summed E-state index contributed by atoms with van der Waals surface area (Å²) >= 11 is 0. The third-order valence-electron chi connectivity index (χ3n) is 4.68. The molecule has 31 heavy (non-hydrogen) atoms. The zero-order valence-corrected chi connectivity index (χ0v) is 17.5. The van der Waals surface area contributed by atoms with Gasteiger partial charge in [-0.25, -0.2) is 4.79 Å². The van der Waals surface area contributed by atoms with Crippen LogP contribution in [0.5, 0.6) is 0 Å². The summed E-state index contributed by atoms with van der Waals surface area (Å²) in [6.45, 7) is 0. The van der Waals surface area contributed by atoms with Crippen molar-refractivity contribution in [2.24, 2.45) is 20.5 Å². The summed E-state index contributed by atoms with van der Waals surface area (Å²) in [5.41, 5.74) is 4.52. The van der Waals surface area contributed by atoms with Gasteiger partial charge in [-0.3, -0.25) is 0 Å². The molecule has 1 fully saturated rings. The van der Waals surface area contributed by atoms with Crippen LogP contribution in [0.25, 0.3) is 0 Å². The van der Waals surface area contributed by atoms with Crippen molar-refractivity contribution in [1.29, 1.82) is 0 Å². The van der Waals surface area contributed by atoms with E-state index in [9.17, 15) is 4.79 Å². The Labute approximate surface area is 181 Å². The molecule has 0 heterocycles. The molecule has 3 aromatic rings. The number of benzene rings is 3. The van der Waals surface area contributed by atoms with Crippen LogP contribution < -0.4 is 4.90 Å². The molecule has 0 amide bonds. The Balaban J connectivity index is 1.34. The van der Waals surface area contributed by atoms with E-state index in [-0.39, 0.29) is 12.1 Å². The average molecular weight is 413 g/mol. The molecule has 3 aromatic carbocycles. The number of azo groups is 2. The minimum atomic E-state index is -0.288. The Hall–Kier alpha value is -3.87. The molecule has 0 atom stereocenters. The lowest BCUT2D eigenvalue weighted by Crippen LogP contribution is -2.07. The van der Waals surface area contributed by atoms with Gasteiger partial charge in [0.1, 0.15) is 6.10 Å². The minimum Gasteiger partial charge on any atom is -0.459 e. The van der Waals surface area contributed by atoms with Crippen LogP contribution in [0.1, 0.15) is 23.2 Å². The normalized spacial score (nSPS) is 13.6. The van der Waals surface area contributed by atoms with Gasteiger partial charge in [0.2, 0.25) is 0 Å². The standard InChI is InChI=1S/C24H23N5O2/c1-29(2)22-13-11-21(12-14-22)28-27-20-9-7-19(8-10-20)26-25-18-5-3-17(4-6-18)24(30)31-23-15-16-23/h3-14,23H,15-16H2,1-2H3. The van der Waals surface area contributed by atoms with E-state index in [2.05, 4.69) is 20.5 Å². The summed E-state index contributed by atoms with van der Waals surface area (Å²) in [6, 6.07) is 22.1. The van der Waals surface area contributed by atoms with E-state index in [0.29, 0.717) is 16.9 Å². The summed E-state index contributed by atoms with van der Waals surface area (Å²) in [5.74, 6) is -0.288. The first kappa shape index (κ1) is 20.4. The van der Waals surface area contributed by atoms with Crippen molar-refractivity contribution in [3.8, 4) is 0 Å². The van der Waals surface area contributed by atoms with Gasteiger partial charge in [-0.2, -0.15) is 20.5 Å². The summed E-state index contributed by atoms with van der Waals surface area (Å²) < 4.78 is 5.28. The fraction of sp³-hybridized carbons (Fsp3) is 0.208. The Kier molecular flexibility index (Phi) is 6.12. The van der Waals surface area contributed by atoms with Crippen LogP contribution in [0.4, 0.5) is 28.4 Å². The molecule has 0 unspecified atom stereocenters. The van der Waals surface area contributed by atoms with Crippen LogP contribution >= 0.6 is 0 Å². The van der Waals surface area contributed by atoms with Gasteiger partial charge in [-0.15, -0.1) is 0 Å². The highest BCUT2D eigenvalue weighted by atomic mass is 16.5. The Morgan fingerprint density at radius 2 is 1.10 bits per heavy atom. The van der Waals surface area contributed by atoms with Gasteiger partial charge in [-0.1, -0.05) is 0 Å². The molecule has 1 aliphatic carbocycles. The number of hydrogen-bond donors (Lipinski definition) is 0. The molecule has 0 radical (unpaired) electrons. The van der Waals surface area contributed by atoms with E-state index in [1.165, 1.54) is 0 Å². The predicted molar refractivity (Wildman–Crippen MR) is 120 cm³/mol. The van der Waals surface area contributed by atoms with Gasteiger partial charge in [0.05, 0.1) is 28.3 Å². The first-order valence-corrected chi connectivity index (χ1v) is 10.1. The number of carbonyl (C=O) groups excluding carboxylic acids is 1. The van der Waals surface area contributed by atoms with Gasteiger partial charge in [0.15, 0.2) is 0 Å². The smallest absolute Gasteiger partial charge is 0.338 e. The molecule has 0 aromatic heterocycles. The van der Waals surface area contributed by atoms with E-state index in [0.717, 1.165) is 29.9 Å². The Bertz CT molecular complexity index is 1080. The lowest BCUT2D eigenvalue weighted by atomic mass is 10.2. The highest BCUT2D eigenvalue weighted by Crippen LogP contribution is 2.26. The maximum Gasteiger partial charge on any atom is 0.338 e. The van der Waals surface area contributed by atoms with Crippen LogP contribution in [-0.2, 0) is 4.74 Å². The SMILES string of the molecule is CN(C)c1ccc(N=Nc2ccc(N=Nc3ccc(C(=O)OC4CC4)cc3)cc2)cc1. The van der Waals surface area contributed by atoms with Crippen molar-refractivity contribution in [2.45, 2.75) is 18.9 Å². The molecule has 1 saturated carbocycles. The van der Waals surface area contributed by atoms with Crippen LogP contribution in [0.2, 0.25) is 0 Å². The van der Waals surface area contributed by atoms with Crippen molar-refractivity contribution in [3.63, 3.8) is 0 Å². The van der Waals surface area contributed by atoms with E-state index in [4.69, 9.17) is 4.74 Å². The van der Waals surface area contributed by atoms with Crippen LogP contribution in [0.3, 0.4) is 0 Å². The molecule has 0 bridgehead atoms. The number of rotatable bonds is 7. The fourth-order valence-electron chi connectivity index (χ4n) is 2.70. The van der Waals surface area contributed by atoms with E-state index < -0.39 is 0 Å². The van der Waals surface area contributed by atoms with Gasteiger partial charge >= 0.3 is 5.97 Å². The molecule has 4 rings (SSSR count). The quantitative estimate of drug-likeness (QED) is 0.312. The number of hydrogen-bond acceptors (Lipinski definition) is 7. The third kappa shape index (κ3) is 5.82. The molecule has 7 heteroatoms. The molecular formula is C24H23N5O2. The summed E-state index contributed by atoms with van der Waals surface area (Å²) in [4.78, 5) is 13.9. The molecule has 0 spiro atoms. The highest BCUT2D eigenvalue weighted by Gasteiger charge is 2.26. The van der Waals surface area contributed by atoms with Crippen molar-refractivity contribution >= 4 is 34.4 Å². The second-order valence-corrected chi connectivity index (χ2v) is 7.48. The lowest BCUT2D eigenvalue weighted by Gasteiger charge is -2.11. The van der Waals surface area contributed by atoms with E-state index in [1.54, 1.807) is 24.3 Å². The molecule has 0 N–H and O–H groups in total. The predicted octanol–water partition coefficient (Wildman–Crippen LogP) is 6.90. The number of nitrogens with zero attached hydrogens (tertiary/aromatic N) is 5. The Morgan fingerprint density at radius 1 is 0.710 bits per heavy atom. The van der Waals surface area contributed by atoms with Crippen LogP contribution in [0.15, 0.2) is 93.3 Å². The van der Waals surface area contributed by atoms with Gasteiger partial charge in [0.25, 0.3) is 0 Å². The van der Waals surface area contributed by atoms with Gasteiger partial charge in [0, 0.05) is 19.8 Å². The molecule has 7 nitrogen and oxygen atoms in total. The van der Waals surface area contributed by atoms with Crippen molar-refractivity contribution in [1.82, 2.24) is 0 Å². The second-order valence-electron chi connectivity index (χ2n) is 7.48. The van der Waals surface area contributed by atoms with Crippen molar-refractivity contribution < 1.29 is 9.53 Å². The monoisotopic (exact) mass is 413 g/mol. The Morgan fingerprint density at radius 3 is 1.48 bits per heavy atom. The molecule has 156 valence electrons. The zero-order chi connectivity index (χ0) is 21.6. The van der Waals surface area contributed by atoms with E-state index >= 15 is 0 Å². The maximum absolute atomic E-state index is 11.9. The summed E-state index contributed by atoms with van der Waals surface area (Å²) in [5, 5.41) is 17.0. The molecule has 1 aliphatic rings. The highest BCUT2D eigenvalue weighted by molar-refractivity contribution is 5.90. The number of esters is 1. The maximum atomic E-state index is 11.9. The lowest BCUT2D eigenvalue weighted by molar-refractivity contribution is 0.0472. The number of carbonyl (C=O) groups is 1. The fourth-order valence-corrected chi connectivity index (χ4v) is 2.70.